The first-order valence-corrected chi connectivity index (χ1v) is 4.57. The Balaban J connectivity index is 3.43. The second-order valence-corrected chi connectivity index (χ2v) is 4.51. The molecule has 0 fully saturated rings. The van der Waals surface area contributed by atoms with Crippen molar-refractivity contribution in [1.82, 2.24) is 0 Å². The fraction of sp³-hybridized carbons (Fsp3) is 0.400. The summed E-state index contributed by atoms with van der Waals surface area (Å²) in [5.74, 6) is 0. The van der Waals surface area contributed by atoms with Crippen LogP contribution >= 0.6 is 0 Å². The molecule has 1 rings (SSSR count). The molecule has 0 radical (unpaired) electrons. The Labute approximate surface area is 88.2 Å². The average Bonchev–Trinajstić information content (AvgIpc) is 2.06. The van der Waals surface area contributed by atoms with Crippen LogP contribution in [-0.2, 0) is 5.41 Å². The molecule has 0 saturated carbocycles. The first kappa shape index (κ1) is 11.3. The van der Waals surface area contributed by atoms with E-state index in [1.165, 1.54) is 6.07 Å². The summed E-state index contributed by atoms with van der Waals surface area (Å²) in [5, 5.41) is 10.7. The molecule has 1 aromatic carbocycles. The van der Waals surface area contributed by atoms with Crippen LogP contribution in [0.15, 0.2) is 12.1 Å². The van der Waals surface area contributed by atoms with E-state index in [9.17, 15) is 10.1 Å². The number of nitro groups is 1. The molecular weight excluding hydrogens is 194 g/mol. The quantitative estimate of drug-likeness (QED) is 0.420. The molecule has 5 heteroatoms. The summed E-state index contributed by atoms with van der Waals surface area (Å²) in [5.41, 5.74) is 11.9. The highest BCUT2D eigenvalue weighted by Crippen LogP contribution is 2.34. The largest absolute Gasteiger partial charge is 0.397 e. The van der Waals surface area contributed by atoms with Gasteiger partial charge in [-0.05, 0) is 17.0 Å². The zero-order valence-corrected chi connectivity index (χ0v) is 9.07. The minimum atomic E-state index is -0.513. The van der Waals surface area contributed by atoms with Gasteiger partial charge in [-0.25, -0.2) is 0 Å². The molecule has 0 aromatic heterocycles. The molecule has 0 aliphatic heterocycles. The fourth-order valence-electron chi connectivity index (χ4n) is 1.24. The predicted octanol–water partition coefficient (Wildman–Crippen LogP) is 2.06. The van der Waals surface area contributed by atoms with Gasteiger partial charge in [-0.15, -0.1) is 0 Å². The fourth-order valence-corrected chi connectivity index (χ4v) is 1.24. The maximum atomic E-state index is 10.7. The van der Waals surface area contributed by atoms with Crippen LogP contribution in [0.1, 0.15) is 26.3 Å². The van der Waals surface area contributed by atoms with Crippen LogP contribution in [0.5, 0.6) is 0 Å². The number of hydrogen-bond donors (Lipinski definition) is 2. The maximum absolute atomic E-state index is 10.7. The van der Waals surface area contributed by atoms with Gasteiger partial charge in [0.1, 0.15) is 5.69 Å². The van der Waals surface area contributed by atoms with Gasteiger partial charge in [-0.2, -0.15) is 0 Å². The summed E-state index contributed by atoms with van der Waals surface area (Å²) < 4.78 is 0. The highest BCUT2D eigenvalue weighted by molar-refractivity contribution is 5.75. The van der Waals surface area contributed by atoms with Crippen molar-refractivity contribution in [3.05, 3.63) is 27.8 Å². The van der Waals surface area contributed by atoms with Crippen molar-refractivity contribution < 1.29 is 4.92 Å². The molecule has 4 N–H and O–H groups in total. The number of benzene rings is 1. The third-order valence-electron chi connectivity index (χ3n) is 2.25. The van der Waals surface area contributed by atoms with Crippen molar-refractivity contribution in [2.75, 3.05) is 11.5 Å². The van der Waals surface area contributed by atoms with Crippen molar-refractivity contribution >= 4 is 17.1 Å². The Kier molecular flexibility index (Phi) is 2.57. The molecular formula is C10H15N3O2. The summed E-state index contributed by atoms with van der Waals surface area (Å²) >= 11 is 0. The topological polar surface area (TPSA) is 95.2 Å². The minimum absolute atomic E-state index is 0.0352. The number of hydrogen-bond acceptors (Lipinski definition) is 4. The van der Waals surface area contributed by atoms with Gasteiger partial charge in [0.2, 0.25) is 0 Å². The summed E-state index contributed by atoms with van der Waals surface area (Å²) in [6, 6.07) is 3.16. The summed E-state index contributed by atoms with van der Waals surface area (Å²) in [6.45, 7) is 5.88. The normalized spacial score (nSPS) is 11.4. The van der Waals surface area contributed by atoms with Crippen LogP contribution < -0.4 is 11.5 Å². The van der Waals surface area contributed by atoms with Gasteiger partial charge < -0.3 is 11.5 Å². The number of rotatable bonds is 1. The van der Waals surface area contributed by atoms with Gasteiger partial charge >= 0.3 is 0 Å². The van der Waals surface area contributed by atoms with Crippen LogP contribution in [-0.4, -0.2) is 4.92 Å². The molecule has 0 heterocycles. The molecule has 0 aliphatic rings. The predicted molar refractivity (Wildman–Crippen MR) is 60.6 cm³/mol. The van der Waals surface area contributed by atoms with E-state index in [1.807, 2.05) is 20.8 Å². The molecule has 0 spiro atoms. The first-order chi connectivity index (χ1) is 6.73. The Morgan fingerprint density at radius 1 is 1.27 bits per heavy atom. The van der Waals surface area contributed by atoms with E-state index in [2.05, 4.69) is 0 Å². The molecule has 1 aromatic rings. The maximum Gasteiger partial charge on any atom is 0.294 e. The lowest BCUT2D eigenvalue weighted by atomic mass is 9.86. The monoisotopic (exact) mass is 209 g/mol. The Hall–Kier alpha value is -1.78. The Morgan fingerprint density at radius 2 is 1.80 bits per heavy atom. The second-order valence-electron chi connectivity index (χ2n) is 4.51. The molecule has 0 saturated heterocycles. The number of nitrogens with zero attached hydrogens (tertiary/aromatic N) is 1. The van der Waals surface area contributed by atoms with Crippen LogP contribution in [0.25, 0.3) is 0 Å². The SMILES string of the molecule is CC(C)(C)c1cc(N)c(N)c([N+](=O)[O-])c1. The molecule has 0 bridgehead atoms. The number of anilines is 2. The van der Waals surface area contributed by atoms with Crippen molar-refractivity contribution in [1.29, 1.82) is 0 Å². The molecule has 15 heavy (non-hydrogen) atoms. The molecule has 82 valence electrons. The molecule has 0 amide bonds. The van der Waals surface area contributed by atoms with Crippen LogP contribution in [0.4, 0.5) is 17.1 Å². The molecule has 5 nitrogen and oxygen atoms in total. The lowest BCUT2D eigenvalue weighted by molar-refractivity contribution is -0.383. The van der Waals surface area contributed by atoms with Gasteiger partial charge in [-0.3, -0.25) is 10.1 Å². The zero-order chi connectivity index (χ0) is 11.8. The zero-order valence-electron chi connectivity index (χ0n) is 9.07. The number of nitrogen functional groups attached to an aromatic ring is 2. The average molecular weight is 209 g/mol. The molecule has 0 unspecified atom stereocenters. The second kappa shape index (κ2) is 3.42. The minimum Gasteiger partial charge on any atom is -0.397 e. The van der Waals surface area contributed by atoms with Crippen LogP contribution in [0.3, 0.4) is 0 Å². The highest BCUT2D eigenvalue weighted by atomic mass is 16.6. The van der Waals surface area contributed by atoms with E-state index in [-0.39, 0.29) is 22.5 Å². The summed E-state index contributed by atoms with van der Waals surface area (Å²) in [6.07, 6.45) is 0. The van der Waals surface area contributed by atoms with E-state index in [1.54, 1.807) is 6.07 Å². The summed E-state index contributed by atoms with van der Waals surface area (Å²) in [4.78, 5) is 10.2. The lowest BCUT2D eigenvalue weighted by Crippen LogP contribution is -2.13. The highest BCUT2D eigenvalue weighted by Gasteiger charge is 2.21. The third kappa shape index (κ3) is 2.18. The van der Waals surface area contributed by atoms with Crippen molar-refractivity contribution in [3.63, 3.8) is 0 Å². The Morgan fingerprint density at radius 3 is 2.20 bits per heavy atom. The van der Waals surface area contributed by atoms with E-state index < -0.39 is 4.92 Å². The molecule has 0 aliphatic carbocycles. The van der Waals surface area contributed by atoms with Crippen molar-refractivity contribution in [2.24, 2.45) is 0 Å². The smallest absolute Gasteiger partial charge is 0.294 e. The van der Waals surface area contributed by atoms with Gasteiger partial charge in [-0.1, -0.05) is 20.8 Å². The Bertz CT molecular complexity index is 408. The first-order valence-electron chi connectivity index (χ1n) is 4.57. The van der Waals surface area contributed by atoms with E-state index in [4.69, 9.17) is 11.5 Å². The lowest BCUT2D eigenvalue weighted by Gasteiger charge is -2.19. The standard InChI is InChI=1S/C10H15N3O2/c1-10(2,3)6-4-7(11)9(12)8(5-6)13(14)15/h4-5H,11-12H2,1-3H3. The molecule has 0 atom stereocenters. The van der Waals surface area contributed by atoms with E-state index in [0.29, 0.717) is 0 Å². The van der Waals surface area contributed by atoms with Crippen molar-refractivity contribution in [2.45, 2.75) is 26.2 Å². The van der Waals surface area contributed by atoms with Gasteiger partial charge in [0.15, 0.2) is 0 Å². The third-order valence-corrected chi connectivity index (χ3v) is 2.25. The van der Waals surface area contributed by atoms with Crippen LogP contribution in [0, 0.1) is 10.1 Å². The van der Waals surface area contributed by atoms with Gasteiger partial charge in [0.25, 0.3) is 5.69 Å². The van der Waals surface area contributed by atoms with Crippen LogP contribution in [0.2, 0.25) is 0 Å². The van der Waals surface area contributed by atoms with E-state index in [0.717, 1.165) is 5.56 Å². The van der Waals surface area contributed by atoms with Crippen molar-refractivity contribution in [3.8, 4) is 0 Å². The summed E-state index contributed by atoms with van der Waals surface area (Å²) in [7, 11) is 0. The van der Waals surface area contributed by atoms with E-state index >= 15 is 0 Å². The number of nitro benzene ring substituents is 1. The number of nitrogens with two attached hydrogens (primary N) is 2. The van der Waals surface area contributed by atoms with Gasteiger partial charge in [0.05, 0.1) is 10.6 Å². The van der Waals surface area contributed by atoms with Gasteiger partial charge in [0, 0.05) is 6.07 Å².